The van der Waals surface area contributed by atoms with Gasteiger partial charge in [0, 0.05) is 50.2 Å². The lowest BCUT2D eigenvalue weighted by molar-refractivity contribution is -0.118. The first kappa shape index (κ1) is 18.5. The Hall–Kier alpha value is -2.83. The van der Waals surface area contributed by atoms with E-state index in [1.807, 2.05) is 23.1 Å². The topological polar surface area (TPSA) is 84.5 Å². The van der Waals surface area contributed by atoms with E-state index in [0.717, 1.165) is 49.6 Å². The predicted molar refractivity (Wildman–Crippen MR) is 107 cm³/mol. The zero-order chi connectivity index (χ0) is 19.5. The molecule has 28 heavy (non-hydrogen) atoms. The quantitative estimate of drug-likeness (QED) is 0.858. The van der Waals surface area contributed by atoms with Crippen LogP contribution in [0, 0.1) is 0 Å². The fourth-order valence-corrected chi connectivity index (χ4v) is 4.41. The molecule has 2 aliphatic heterocycles. The largest absolute Gasteiger partial charge is 0.371 e. The number of nitrogens with two attached hydrogens (primary N) is 1. The van der Waals surface area contributed by atoms with Crippen LogP contribution in [0.5, 0.6) is 0 Å². The minimum Gasteiger partial charge on any atom is -0.371 e. The molecule has 1 atom stereocenters. The minimum absolute atomic E-state index is 0.0835. The number of benzene rings is 1. The molecule has 0 saturated carbocycles. The van der Waals surface area contributed by atoms with Crippen LogP contribution in [-0.4, -0.2) is 52.4 Å². The fourth-order valence-electron chi connectivity index (χ4n) is 4.41. The van der Waals surface area contributed by atoms with Crippen LogP contribution in [-0.2, 0) is 11.3 Å². The highest BCUT2D eigenvalue weighted by Gasteiger charge is 2.30. The molecule has 7 nitrogen and oxygen atoms in total. The molecule has 0 aliphatic carbocycles. The maximum atomic E-state index is 13.4. The molecule has 1 aromatic carbocycles. The highest BCUT2D eigenvalue weighted by molar-refractivity contribution is 6.00. The average molecular weight is 381 g/mol. The summed E-state index contributed by atoms with van der Waals surface area (Å²) in [4.78, 5) is 33.4. The fraction of sp³-hybridized carbons (Fsp3) is 0.476. The molecule has 148 valence electrons. The highest BCUT2D eigenvalue weighted by atomic mass is 16.2. The van der Waals surface area contributed by atoms with Gasteiger partial charge in [-0.05, 0) is 37.8 Å². The average Bonchev–Trinajstić information content (AvgIpc) is 3.39. The second-order valence-electron chi connectivity index (χ2n) is 7.68. The van der Waals surface area contributed by atoms with Crippen molar-refractivity contribution >= 4 is 17.5 Å². The van der Waals surface area contributed by atoms with Crippen molar-refractivity contribution in [2.24, 2.45) is 5.73 Å². The van der Waals surface area contributed by atoms with Gasteiger partial charge in [-0.3, -0.25) is 9.59 Å². The second kappa shape index (κ2) is 8.04. The summed E-state index contributed by atoms with van der Waals surface area (Å²) in [5.74, 6) is 0.651. The Morgan fingerprint density at radius 1 is 1.11 bits per heavy atom. The van der Waals surface area contributed by atoms with Crippen molar-refractivity contribution in [2.75, 3.05) is 31.1 Å². The van der Waals surface area contributed by atoms with Crippen LogP contribution in [0.1, 0.15) is 47.8 Å². The number of piperidine rings is 1. The van der Waals surface area contributed by atoms with Crippen LogP contribution in [0.2, 0.25) is 0 Å². The van der Waals surface area contributed by atoms with Gasteiger partial charge in [0.05, 0.1) is 5.56 Å². The number of carbonyl (C=O) groups excluding carboxylic acids is 2. The lowest BCUT2D eigenvalue weighted by atomic mass is 9.96. The van der Waals surface area contributed by atoms with E-state index in [1.54, 1.807) is 17.0 Å². The molecule has 2 saturated heterocycles. The first-order valence-electron chi connectivity index (χ1n) is 10.1. The molecule has 2 amide bonds. The molecule has 0 spiro atoms. The summed E-state index contributed by atoms with van der Waals surface area (Å²) in [7, 11) is 0. The van der Waals surface area contributed by atoms with Gasteiger partial charge in [-0.2, -0.15) is 0 Å². The van der Waals surface area contributed by atoms with Gasteiger partial charge in [0.15, 0.2) is 0 Å². The number of carbonyl (C=O) groups is 2. The molecule has 4 rings (SSSR count). The monoisotopic (exact) mass is 381 g/mol. The van der Waals surface area contributed by atoms with Gasteiger partial charge >= 0.3 is 0 Å². The molecule has 1 unspecified atom stereocenters. The first-order chi connectivity index (χ1) is 13.6. The number of rotatable bonds is 5. The number of hydrogen-bond acceptors (Lipinski definition) is 4. The summed E-state index contributed by atoms with van der Waals surface area (Å²) < 4.78 is 1.80. The number of likely N-dealkylation sites (tertiary alicyclic amines) is 1. The number of primary amides is 1. The zero-order valence-corrected chi connectivity index (χ0v) is 16.1. The van der Waals surface area contributed by atoms with Gasteiger partial charge in [0.25, 0.3) is 5.91 Å². The summed E-state index contributed by atoms with van der Waals surface area (Å²) in [5.41, 5.74) is 7.18. The van der Waals surface area contributed by atoms with Crippen molar-refractivity contribution in [3.63, 3.8) is 0 Å². The number of aromatic nitrogens is 2. The third kappa shape index (κ3) is 3.74. The SMILES string of the molecule is NC(=O)Cn1ccnc1C1CCCN(C(=O)c2ccccc2N2CCCC2)C1. The zero-order valence-electron chi connectivity index (χ0n) is 16.1. The molecular formula is C21H27N5O2. The van der Waals surface area contributed by atoms with E-state index in [-0.39, 0.29) is 24.3 Å². The van der Waals surface area contributed by atoms with Crippen molar-refractivity contribution in [2.45, 2.75) is 38.1 Å². The Bertz CT molecular complexity index is 856. The Labute approximate surface area is 165 Å². The van der Waals surface area contributed by atoms with Crippen LogP contribution >= 0.6 is 0 Å². The summed E-state index contributed by atoms with van der Waals surface area (Å²) in [6.07, 6.45) is 7.71. The maximum absolute atomic E-state index is 13.4. The van der Waals surface area contributed by atoms with Crippen molar-refractivity contribution in [1.29, 1.82) is 0 Å². The maximum Gasteiger partial charge on any atom is 0.255 e. The molecule has 0 bridgehead atoms. The molecule has 2 N–H and O–H groups in total. The third-order valence-corrected chi connectivity index (χ3v) is 5.73. The number of hydrogen-bond donors (Lipinski definition) is 1. The first-order valence-corrected chi connectivity index (χ1v) is 10.1. The summed E-state index contributed by atoms with van der Waals surface area (Å²) in [6.45, 7) is 3.51. The second-order valence-corrected chi connectivity index (χ2v) is 7.68. The van der Waals surface area contributed by atoms with E-state index in [1.165, 1.54) is 12.8 Å². The lowest BCUT2D eigenvalue weighted by Crippen LogP contribution is -2.40. The normalized spacial score (nSPS) is 19.8. The van der Waals surface area contributed by atoms with Crippen LogP contribution in [0.25, 0.3) is 0 Å². The van der Waals surface area contributed by atoms with E-state index in [4.69, 9.17) is 5.73 Å². The van der Waals surface area contributed by atoms with E-state index < -0.39 is 0 Å². The molecule has 0 radical (unpaired) electrons. The van der Waals surface area contributed by atoms with Gasteiger partial charge in [-0.1, -0.05) is 12.1 Å². The van der Waals surface area contributed by atoms with E-state index in [9.17, 15) is 9.59 Å². The standard InChI is InChI=1S/C21H27N5O2/c22-19(27)15-25-13-9-23-20(25)16-6-5-12-26(14-16)21(28)17-7-1-2-8-18(17)24-10-3-4-11-24/h1-2,7-9,13,16H,3-6,10-12,14-15H2,(H2,22,27). The van der Waals surface area contributed by atoms with Gasteiger partial charge in [-0.15, -0.1) is 0 Å². The van der Waals surface area contributed by atoms with Crippen molar-refractivity contribution < 1.29 is 9.59 Å². The molecule has 2 fully saturated rings. The smallest absolute Gasteiger partial charge is 0.255 e. The third-order valence-electron chi connectivity index (χ3n) is 5.73. The Balaban J connectivity index is 1.53. The van der Waals surface area contributed by atoms with E-state index >= 15 is 0 Å². The number of imidazole rings is 1. The number of para-hydroxylation sites is 1. The number of amides is 2. The highest BCUT2D eigenvalue weighted by Crippen LogP contribution is 2.30. The molecule has 2 aromatic rings. The Morgan fingerprint density at radius 2 is 1.89 bits per heavy atom. The van der Waals surface area contributed by atoms with Crippen LogP contribution in [0.4, 0.5) is 5.69 Å². The van der Waals surface area contributed by atoms with Crippen molar-refractivity contribution in [3.05, 3.63) is 48.0 Å². The Kier molecular flexibility index (Phi) is 5.32. The van der Waals surface area contributed by atoms with Crippen molar-refractivity contribution in [3.8, 4) is 0 Å². The summed E-state index contributed by atoms with van der Waals surface area (Å²) in [5, 5.41) is 0. The van der Waals surface area contributed by atoms with E-state index in [2.05, 4.69) is 16.0 Å². The van der Waals surface area contributed by atoms with Gasteiger partial charge in [0.1, 0.15) is 12.4 Å². The molecule has 7 heteroatoms. The molecule has 1 aromatic heterocycles. The lowest BCUT2D eigenvalue weighted by Gasteiger charge is -2.33. The van der Waals surface area contributed by atoms with Gasteiger partial charge < -0.3 is 20.1 Å². The molecular weight excluding hydrogens is 354 g/mol. The Morgan fingerprint density at radius 3 is 2.68 bits per heavy atom. The van der Waals surface area contributed by atoms with Crippen LogP contribution in [0.15, 0.2) is 36.7 Å². The minimum atomic E-state index is -0.387. The van der Waals surface area contributed by atoms with Crippen LogP contribution in [0.3, 0.4) is 0 Å². The van der Waals surface area contributed by atoms with Crippen LogP contribution < -0.4 is 10.6 Å². The summed E-state index contributed by atoms with van der Waals surface area (Å²) in [6, 6.07) is 7.94. The van der Waals surface area contributed by atoms with Gasteiger partial charge in [0.2, 0.25) is 5.91 Å². The predicted octanol–water partition coefficient (Wildman–Crippen LogP) is 1.99. The number of anilines is 1. The summed E-state index contributed by atoms with van der Waals surface area (Å²) >= 11 is 0. The molecule has 2 aliphatic rings. The van der Waals surface area contributed by atoms with E-state index in [0.29, 0.717) is 6.54 Å². The van der Waals surface area contributed by atoms with Gasteiger partial charge in [-0.25, -0.2) is 4.98 Å². The van der Waals surface area contributed by atoms with Crippen molar-refractivity contribution in [1.82, 2.24) is 14.5 Å². The molecule has 3 heterocycles. The number of nitrogens with zero attached hydrogens (tertiary/aromatic N) is 4.